The summed E-state index contributed by atoms with van der Waals surface area (Å²) in [6, 6.07) is 14.7. The zero-order valence-corrected chi connectivity index (χ0v) is 16.5. The number of carbonyl (C=O) groups is 1. The number of ether oxygens (including phenoxy) is 3. The van der Waals surface area contributed by atoms with Gasteiger partial charge in [0.15, 0.2) is 18.1 Å². The van der Waals surface area contributed by atoms with E-state index in [1.54, 1.807) is 19.2 Å². The highest BCUT2D eigenvalue weighted by Gasteiger charge is 2.13. The Hall–Kier alpha value is -2.69. The molecule has 28 heavy (non-hydrogen) atoms. The summed E-state index contributed by atoms with van der Waals surface area (Å²) in [5.74, 6) is 2.57. The number of benzene rings is 2. The smallest absolute Gasteiger partial charge is 0.262 e. The van der Waals surface area contributed by atoms with Crippen molar-refractivity contribution in [3.63, 3.8) is 0 Å². The molecule has 0 spiro atoms. The van der Waals surface area contributed by atoms with E-state index in [0.29, 0.717) is 17.2 Å². The fourth-order valence-electron chi connectivity index (χ4n) is 3.53. The minimum absolute atomic E-state index is 0.0833. The monoisotopic (exact) mass is 383 g/mol. The summed E-state index contributed by atoms with van der Waals surface area (Å²) in [4.78, 5) is 12.1. The van der Waals surface area contributed by atoms with Crippen molar-refractivity contribution in [2.24, 2.45) is 5.92 Å². The maximum atomic E-state index is 12.1. The Morgan fingerprint density at radius 3 is 2.39 bits per heavy atom. The molecular formula is C23H29NO4. The van der Waals surface area contributed by atoms with Crippen LogP contribution in [0.1, 0.15) is 38.5 Å². The van der Waals surface area contributed by atoms with Crippen LogP contribution in [0.3, 0.4) is 0 Å². The van der Waals surface area contributed by atoms with Gasteiger partial charge in [-0.25, -0.2) is 0 Å². The molecule has 0 radical (unpaired) electrons. The van der Waals surface area contributed by atoms with Gasteiger partial charge in [0.25, 0.3) is 5.91 Å². The van der Waals surface area contributed by atoms with Crippen LogP contribution in [-0.2, 0) is 4.79 Å². The van der Waals surface area contributed by atoms with Gasteiger partial charge in [-0.15, -0.1) is 0 Å². The predicted molar refractivity (Wildman–Crippen MR) is 110 cm³/mol. The zero-order chi connectivity index (χ0) is 19.6. The van der Waals surface area contributed by atoms with Crippen molar-refractivity contribution in [2.45, 2.75) is 38.5 Å². The van der Waals surface area contributed by atoms with Gasteiger partial charge in [0.1, 0.15) is 5.75 Å². The van der Waals surface area contributed by atoms with Crippen LogP contribution in [0.2, 0.25) is 0 Å². The number of carbonyl (C=O) groups excluding carboxylic acids is 1. The lowest BCUT2D eigenvalue weighted by Crippen LogP contribution is -2.20. The van der Waals surface area contributed by atoms with E-state index in [2.05, 4.69) is 5.32 Å². The average molecular weight is 383 g/mol. The van der Waals surface area contributed by atoms with Crippen molar-refractivity contribution in [3.8, 4) is 17.2 Å². The molecule has 2 aromatic rings. The molecule has 1 saturated carbocycles. The lowest BCUT2D eigenvalue weighted by Gasteiger charge is -2.21. The topological polar surface area (TPSA) is 56.8 Å². The Labute approximate surface area is 167 Å². The fourth-order valence-corrected chi connectivity index (χ4v) is 3.53. The van der Waals surface area contributed by atoms with Crippen LogP contribution in [0, 0.1) is 5.92 Å². The second-order valence-electron chi connectivity index (χ2n) is 7.15. The summed E-state index contributed by atoms with van der Waals surface area (Å²) in [6.07, 6.45) is 7.91. The van der Waals surface area contributed by atoms with Gasteiger partial charge < -0.3 is 19.5 Å². The molecule has 0 aromatic heterocycles. The second kappa shape index (κ2) is 10.6. The number of para-hydroxylation sites is 2. The maximum absolute atomic E-state index is 12.1. The molecular weight excluding hydrogens is 354 g/mol. The normalized spacial score (nSPS) is 14.3. The number of hydrogen-bond donors (Lipinski definition) is 1. The van der Waals surface area contributed by atoms with E-state index in [0.717, 1.165) is 24.7 Å². The van der Waals surface area contributed by atoms with Crippen LogP contribution in [0.15, 0.2) is 48.5 Å². The van der Waals surface area contributed by atoms with E-state index in [4.69, 9.17) is 14.2 Å². The zero-order valence-electron chi connectivity index (χ0n) is 16.5. The number of anilines is 1. The van der Waals surface area contributed by atoms with Crippen LogP contribution in [0.5, 0.6) is 17.2 Å². The van der Waals surface area contributed by atoms with Gasteiger partial charge in [0.2, 0.25) is 0 Å². The van der Waals surface area contributed by atoms with Crippen LogP contribution >= 0.6 is 0 Å². The Kier molecular flexibility index (Phi) is 7.59. The molecule has 1 aliphatic carbocycles. The van der Waals surface area contributed by atoms with E-state index in [9.17, 15) is 4.79 Å². The van der Waals surface area contributed by atoms with Crippen molar-refractivity contribution in [2.75, 3.05) is 25.6 Å². The van der Waals surface area contributed by atoms with Crippen molar-refractivity contribution < 1.29 is 19.0 Å². The highest BCUT2D eigenvalue weighted by molar-refractivity contribution is 5.91. The molecule has 1 amide bonds. The summed E-state index contributed by atoms with van der Waals surface area (Å²) in [5, 5.41) is 2.82. The van der Waals surface area contributed by atoms with Gasteiger partial charge in [0, 0.05) is 5.69 Å². The van der Waals surface area contributed by atoms with Crippen LogP contribution < -0.4 is 19.5 Å². The molecule has 0 aliphatic heterocycles. The summed E-state index contributed by atoms with van der Waals surface area (Å²) >= 11 is 0. The summed E-state index contributed by atoms with van der Waals surface area (Å²) < 4.78 is 16.6. The van der Waals surface area contributed by atoms with E-state index in [1.807, 2.05) is 36.4 Å². The van der Waals surface area contributed by atoms with Crippen LogP contribution in [-0.4, -0.2) is 26.2 Å². The molecule has 0 atom stereocenters. The van der Waals surface area contributed by atoms with Crippen molar-refractivity contribution in [1.82, 2.24) is 0 Å². The lowest BCUT2D eigenvalue weighted by atomic mass is 9.87. The SMILES string of the molecule is COc1ccccc1OCC(=O)Nc1ccc(OCCC2CCCCC2)cc1. The molecule has 150 valence electrons. The first-order chi connectivity index (χ1) is 13.7. The van der Waals surface area contributed by atoms with Gasteiger partial charge >= 0.3 is 0 Å². The van der Waals surface area contributed by atoms with Crippen molar-refractivity contribution >= 4 is 11.6 Å². The summed E-state index contributed by atoms with van der Waals surface area (Å²) in [5.41, 5.74) is 0.716. The number of hydrogen-bond acceptors (Lipinski definition) is 4. The first-order valence-electron chi connectivity index (χ1n) is 10.0. The molecule has 0 saturated heterocycles. The third-order valence-electron chi connectivity index (χ3n) is 5.09. The Morgan fingerprint density at radius 1 is 0.964 bits per heavy atom. The molecule has 3 rings (SSSR count). The third kappa shape index (κ3) is 6.19. The number of rotatable bonds is 9. The molecule has 2 aromatic carbocycles. The largest absolute Gasteiger partial charge is 0.494 e. The number of nitrogens with one attached hydrogen (secondary N) is 1. The Bertz CT molecular complexity index is 739. The van der Waals surface area contributed by atoms with E-state index < -0.39 is 0 Å². The van der Waals surface area contributed by atoms with Crippen molar-refractivity contribution in [3.05, 3.63) is 48.5 Å². The molecule has 0 bridgehead atoms. The molecule has 1 aliphatic rings. The lowest BCUT2D eigenvalue weighted by molar-refractivity contribution is -0.118. The molecule has 0 heterocycles. The molecule has 1 fully saturated rings. The van der Waals surface area contributed by atoms with Crippen LogP contribution in [0.4, 0.5) is 5.69 Å². The molecule has 0 unspecified atom stereocenters. The van der Waals surface area contributed by atoms with E-state index in [1.165, 1.54) is 32.1 Å². The van der Waals surface area contributed by atoms with Crippen molar-refractivity contribution in [1.29, 1.82) is 0 Å². The fraction of sp³-hybridized carbons (Fsp3) is 0.435. The molecule has 1 N–H and O–H groups in total. The predicted octanol–water partition coefficient (Wildman–Crippen LogP) is 5.06. The Morgan fingerprint density at radius 2 is 1.68 bits per heavy atom. The highest BCUT2D eigenvalue weighted by Crippen LogP contribution is 2.27. The molecule has 5 nitrogen and oxygen atoms in total. The van der Waals surface area contributed by atoms with Gasteiger partial charge in [-0.3, -0.25) is 4.79 Å². The Balaban J connectivity index is 1.40. The standard InChI is InChI=1S/C23H29NO4/c1-26-21-9-5-6-10-22(21)28-17-23(25)24-19-11-13-20(14-12-19)27-16-15-18-7-3-2-4-8-18/h5-6,9-14,18H,2-4,7-8,15-17H2,1H3,(H,24,25). The second-order valence-corrected chi connectivity index (χ2v) is 7.15. The number of methoxy groups -OCH3 is 1. The molecule has 5 heteroatoms. The summed E-state index contributed by atoms with van der Waals surface area (Å²) in [7, 11) is 1.57. The minimum Gasteiger partial charge on any atom is -0.494 e. The first-order valence-corrected chi connectivity index (χ1v) is 10.0. The van der Waals surface area contributed by atoms with Gasteiger partial charge in [0.05, 0.1) is 13.7 Å². The quantitative estimate of drug-likeness (QED) is 0.657. The number of amides is 1. The van der Waals surface area contributed by atoms with Gasteiger partial charge in [-0.2, -0.15) is 0 Å². The first kappa shape index (κ1) is 20.1. The maximum Gasteiger partial charge on any atom is 0.262 e. The van der Waals surface area contributed by atoms with Crippen LogP contribution in [0.25, 0.3) is 0 Å². The minimum atomic E-state index is -0.225. The third-order valence-corrected chi connectivity index (χ3v) is 5.09. The van der Waals surface area contributed by atoms with E-state index in [-0.39, 0.29) is 12.5 Å². The van der Waals surface area contributed by atoms with E-state index >= 15 is 0 Å². The van der Waals surface area contributed by atoms with Gasteiger partial charge in [-0.05, 0) is 48.7 Å². The van der Waals surface area contributed by atoms with Gasteiger partial charge in [-0.1, -0.05) is 44.2 Å². The average Bonchev–Trinajstić information content (AvgIpc) is 2.74. The summed E-state index contributed by atoms with van der Waals surface area (Å²) in [6.45, 7) is 0.670. The highest BCUT2D eigenvalue weighted by atomic mass is 16.5.